The van der Waals surface area contributed by atoms with E-state index in [1.165, 1.54) is 25.7 Å². The number of amides is 1. The van der Waals surface area contributed by atoms with E-state index in [-0.39, 0.29) is 10.7 Å². The Morgan fingerprint density at radius 3 is 2.43 bits per heavy atom. The molecule has 0 aliphatic heterocycles. The van der Waals surface area contributed by atoms with Gasteiger partial charge in [-0.25, -0.2) is 0 Å². The van der Waals surface area contributed by atoms with Gasteiger partial charge in [0.1, 0.15) is 0 Å². The Hall–Kier alpha value is -0.0500. The smallest absolute Gasteiger partial charge is 0.233 e. The first-order valence-electron chi connectivity index (χ1n) is 5.68. The number of halogens is 1. The number of carbonyl (C=O) groups is 1. The highest BCUT2D eigenvalue weighted by Crippen LogP contribution is 2.17. The zero-order valence-corrected chi connectivity index (χ0v) is 10.5. The molecule has 0 spiro atoms. The third-order valence-electron chi connectivity index (χ3n) is 2.84. The van der Waals surface area contributed by atoms with Crippen LogP contribution in [0.25, 0.3) is 0 Å². The molecule has 1 aliphatic rings. The van der Waals surface area contributed by atoms with Crippen LogP contribution in [0.5, 0.6) is 0 Å². The molecule has 1 saturated carbocycles. The molecule has 0 aromatic rings. The first kappa shape index (κ1) is 12.0. The van der Waals surface area contributed by atoms with Crippen LogP contribution < -0.4 is 5.32 Å². The molecule has 0 radical (unpaired) electrons. The first-order chi connectivity index (χ1) is 6.74. The Bertz CT molecular complexity index is 176. The van der Waals surface area contributed by atoms with E-state index in [9.17, 15) is 4.79 Å². The summed E-state index contributed by atoms with van der Waals surface area (Å²) >= 11 is 3.38. The van der Waals surface area contributed by atoms with Gasteiger partial charge in [-0.15, -0.1) is 0 Å². The van der Waals surface area contributed by atoms with Gasteiger partial charge in [-0.3, -0.25) is 4.79 Å². The van der Waals surface area contributed by atoms with E-state index in [1.807, 2.05) is 6.92 Å². The SMILES string of the molecule is CCC(Br)C(=O)NC1CCCCCC1. The Morgan fingerprint density at radius 2 is 1.93 bits per heavy atom. The maximum absolute atomic E-state index is 11.6. The molecule has 1 N–H and O–H groups in total. The largest absolute Gasteiger partial charge is 0.352 e. The van der Waals surface area contributed by atoms with Crippen molar-refractivity contribution in [3.05, 3.63) is 0 Å². The van der Waals surface area contributed by atoms with E-state index in [0.717, 1.165) is 19.3 Å². The summed E-state index contributed by atoms with van der Waals surface area (Å²) in [6.07, 6.45) is 8.38. The van der Waals surface area contributed by atoms with Crippen molar-refractivity contribution >= 4 is 21.8 Å². The van der Waals surface area contributed by atoms with Crippen LogP contribution in [0.15, 0.2) is 0 Å². The zero-order valence-electron chi connectivity index (χ0n) is 8.89. The van der Waals surface area contributed by atoms with Gasteiger partial charge in [-0.1, -0.05) is 48.5 Å². The lowest BCUT2D eigenvalue weighted by atomic mass is 10.1. The average Bonchev–Trinajstić information content (AvgIpc) is 2.45. The monoisotopic (exact) mass is 261 g/mol. The van der Waals surface area contributed by atoms with Gasteiger partial charge < -0.3 is 5.32 Å². The van der Waals surface area contributed by atoms with Gasteiger partial charge >= 0.3 is 0 Å². The van der Waals surface area contributed by atoms with E-state index in [4.69, 9.17) is 0 Å². The molecule has 3 heteroatoms. The molecule has 1 atom stereocenters. The van der Waals surface area contributed by atoms with E-state index < -0.39 is 0 Å². The molecule has 0 saturated heterocycles. The van der Waals surface area contributed by atoms with Crippen LogP contribution in [0, 0.1) is 0 Å². The second-order valence-corrected chi connectivity index (χ2v) is 5.18. The highest BCUT2D eigenvalue weighted by Gasteiger charge is 2.18. The predicted octanol–water partition coefficient (Wildman–Crippen LogP) is 3.00. The van der Waals surface area contributed by atoms with Crippen molar-refractivity contribution in [2.24, 2.45) is 0 Å². The molecule has 1 fully saturated rings. The van der Waals surface area contributed by atoms with Crippen LogP contribution in [0.1, 0.15) is 51.9 Å². The van der Waals surface area contributed by atoms with E-state index >= 15 is 0 Å². The van der Waals surface area contributed by atoms with Crippen molar-refractivity contribution < 1.29 is 4.79 Å². The molecule has 0 aromatic heterocycles. The fourth-order valence-electron chi connectivity index (χ4n) is 1.90. The first-order valence-corrected chi connectivity index (χ1v) is 6.60. The lowest BCUT2D eigenvalue weighted by Crippen LogP contribution is -2.38. The number of carbonyl (C=O) groups excluding carboxylic acids is 1. The summed E-state index contributed by atoms with van der Waals surface area (Å²) in [6.45, 7) is 2.02. The zero-order chi connectivity index (χ0) is 10.4. The third-order valence-corrected chi connectivity index (χ3v) is 3.91. The normalized spacial score (nSPS) is 21.3. The van der Waals surface area contributed by atoms with Gasteiger partial charge in [0.2, 0.25) is 5.91 Å². The predicted molar refractivity (Wildman–Crippen MR) is 62.6 cm³/mol. The van der Waals surface area contributed by atoms with Gasteiger partial charge in [0.25, 0.3) is 0 Å². The summed E-state index contributed by atoms with van der Waals surface area (Å²) in [7, 11) is 0. The topological polar surface area (TPSA) is 29.1 Å². The number of hydrogen-bond acceptors (Lipinski definition) is 1. The van der Waals surface area contributed by atoms with Gasteiger partial charge in [0, 0.05) is 6.04 Å². The molecule has 0 aromatic carbocycles. The molecule has 1 rings (SSSR count). The van der Waals surface area contributed by atoms with Gasteiger partial charge in [0.05, 0.1) is 4.83 Å². The minimum Gasteiger partial charge on any atom is -0.352 e. The minimum atomic E-state index is -0.00856. The minimum absolute atomic E-state index is 0.00856. The molecule has 0 bridgehead atoms. The van der Waals surface area contributed by atoms with Crippen LogP contribution >= 0.6 is 15.9 Å². The molecule has 1 amide bonds. The second kappa shape index (κ2) is 6.44. The third kappa shape index (κ3) is 3.99. The number of nitrogens with one attached hydrogen (secondary N) is 1. The van der Waals surface area contributed by atoms with E-state index in [1.54, 1.807) is 0 Å². The molecule has 2 nitrogen and oxygen atoms in total. The Balaban J connectivity index is 2.30. The summed E-state index contributed by atoms with van der Waals surface area (Å²) in [5, 5.41) is 3.12. The van der Waals surface area contributed by atoms with Crippen LogP contribution in [-0.2, 0) is 4.79 Å². The van der Waals surface area contributed by atoms with Crippen molar-refractivity contribution in [1.29, 1.82) is 0 Å². The summed E-state index contributed by atoms with van der Waals surface area (Å²) in [5.41, 5.74) is 0. The molecular weight excluding hydrogens is 242 g/mol. The van der Waals surface area contributed by atoms with Crippen molar-refractivity contribution in [3.63, 3.8) is 0 Å². The quantitative estimate of drug-likeness (QED) is 0.614. The van der Waals surface area contributed by atoms with Crippen LogP contribution in [0.4, 0.5) is 0 Å². The molecular formula is C11H20BrNO. The lowest BCUT2D eigenvalue weighted by Gasteiger charge is -2.17. The van der Waals surface area contributed by atoms with Crippen LogP contribution in [0.2, 0.25) is 0 Å². The molecule has 1 aliphatic carbocycles. The highest BCUT2D eigenvalue weighted by atomic mass is 79.9. The second-order valence-electron chi connectivity index (χ2n) is 4.07. The Labute approximate surface area is 95.0 Å². The van der Waals surface area contributed by atoms with Crippen molar-refractivity contribution in [1.82, 2.24) is 5.32 Å². The summed E-state index contributed by atoms with van der Waals surface area (Å²) in [4.78, 5) is 11.6. The van der Waals surface area contributed by atoms with Crippen molar-refractivity contribution in [2.45, 2.75) is 62.7 Å². The van der Waals surface area contributed by atoms with Gasteiger partial charge in [0.15, 0.2) is 0 Å². The average molecular weight is 262 g/mol. The van der Waals surface area contributed by atoms with Crippen LogP contribution in [-0.4, -0.2) is 16.8 Å². The van der Waals surface area contributed by atoms with Crippen LogP contribution in [0.3, 0.4) is 0 Å². The number of hydrogen-bond donors (Lipinski definition) is 1. The maximum atomic E-state index is 11.6. The fourth-order valence-corrected chi connectivity index (χ4v) is 2.03. The van der Waals surface area contributed by atoms with Gasteiger partial charge in [-0.05, 0) is 19.3 Å². The van der Waals surface area contributed by atoms with Gasteiger partial charge in [-0.2, -0.15) is 0 Å². The molecule has 14 heavy (non-hydrogen) atoms. The molecule has 82 valence electrons. The van der Waals surface area contributed by atoms with E-state index in [0.29, 0.717) is 6.04 Å². The maximum Gasteiger partial charge on any atom is 0.233 e. The van der Waals surface area contributed by atoms with E-state index in [2.05, 4.69) is 21.2 Å². The molecule has 1 unspecified atom stereocenters. The summed E-state index contributed by atoms with van der Waals surface area (Å²) in [5.74, 6) is 0.166. The lowest BCUT2D eigenvalue weighted by molar-refractivity contribution is -0.121. The van der Waals surface area contributed by atoms with Crippen molar-refractivity contribution in [2.75, 3.05) is 0 Å². The fraction of sp³-hybridized carbons (Fsp3) is 0.909. The number of rotatable bonds is 3. The van der Waals surface area contributed by atoms with Crippen molar-refractivity contribution in [3.8, 4) is 0 Å². The highest BCUT2D eigenvalue weighted by molar-refractivity contribution is 9.10. The summed E-state index contributed by atoms with van der Waals surface area (Å²) < 4.78 is 0. The Morgan fingerprint density at radius 1 is 1.36 bits per heavy atom. The summed E-state index contributed by atoms with van der Waals surface area (Å²) in [6, 6.07) is 0.427. The number of alkyl halides is 1. The standard InChI is InChI=1S/C11H20BrNO/c1-2-10(12)11(14)13-9-7-5-3-4-6-8-9/h9-10H,2-8H2,1H3,(H,13,14). The molecule has 0 heterocycles. The Kier molecular flexibility index (Phi) is 5.53.